The largest absolute Gasteiger partial charge is 0.478 e. The molecule has 8 heteroatoms. The summed E-state index contributed by atoms with van der Waals surface area (Å²) in [6.07, 6.45) is 0. The number of primary sulfonamides is 1. The van der Waals surface area contributed by atoms with Crippen LogP contribution in [0.3, 0.4) is 0 Å². The van der Waals surface area contributed by atoms with E-state index in [1.807, 2.05) is 0 Å². The second kappa shape index (κ2) is 6.00. The predicted octanol–water partition coefficient (Wildman–Crippen LogP) is 2.86. The predicted molar refractivity (Wildman–Crippen MR) is 91.2 cm³/mol. The number of benzene rings is 2. The van der Waals surface area contributed by atoms with Crippen molar-refractivity contribution in [3.63, 3.8) is 0 Å². The van der Waals surface area contributed by atoms with E-state index < -0.39 is 32.2 Å². The molecule has 5 nitrogen and oxygen atoms in total. The lowest BCUT2D eigenvalue weighted by atomic mass is 9.92. The molecular weight excluding hydrogens is 364 g/mol. The van der Waals surface area contributed by atoms with E-state index in [0.717, 1.165) is 12.1 Å². The van der Waals surface area contributed by atoms with Gasteiger partial charge in [0.1, 0.15) is 22.3 Å². The van der Waals surface area contributed by atoms with Crippen molar-refractivity contribution in [2.75, 3.05) is 0 Å². The summed E-state index contributed by atoms with van der Waals surface area (Å²) in [6, 6.07) is 8.48. The molecular formula is C18H15F2NO4S. The Morgan fingerprint density at radius 2 is 1.58 bits per heavy atom. The lowest BCUT2D eigenvalue weighted by Gasteiger charge is -2.18. The molecule has 0 unspecified atom stereocenters. The summed E-state index contributed by atoms with van der Waals surface area (Å²) in [7, 11) is -4.22. The van der Waals surface area contributed by atoms with Gasteiger partial charge in [0.2, 0.25) is 15.8 Å². The summed E-state index contributed by atoms with van der Waals surface area (Å²) in [5.74, 6) is -1.79. The van der Waals surface area contributed by atoms with Gasteiger partial charge in [-0.3, -0.25) is 4.79 Å². The fourth-order valence-electron chi connectivity index (χ4n) is 2.71. The number of nitrogens with two attached hydrogens (primary N) is 1. The van der Waals surface area contributed by atoms with Gasteiger partial charge in [-0.05, 0) is 49.7 Å². The molecule has 2 aromatic carbocycles. The Morgan fingerprint density at radius 3 is 2.12 bits per heavy atom. The fraction of sp³-hybridized carbons (Fsp3) is 0.167. The van der Waals surface area contributed by atoms with E-state index in [1.165, 1.54) is 30.3 Å². The molecule has 0 fully saturated rings. The Balaban J connectivity index is 2.20. The summed E-state index contributed by atoms with van der Waals surface area (Å²) in [5, 5.41) is 4.96. The van der Waals surface area contributed by atoms with E-state index in [4.69, 9.17) is 9.88 Å². The molecule has 0 aliphatic carbocycles. The number of halogens is 2. The zero-order valence-electron chi connectivity index (χ0n) is 13.9. The minimum absolute atomic E-state index is 0.0893. The number of hydrogen-bond donors (Lipinski definition) is 1. The quantitative estimate of drug-likeness (QED) is 0.888. The van der Waals surface area contributed by atoms with Crippen molar-refractivity contribution in [1.82, 2.24) is 0 Å². The first-order chi connectivity index (χ1) is 12.0. The Kier molecular flexibility index (Phi) is 4.20. The highest BCUT2D eigenvalue weighted by Crippen LogP contribution is 2.41. The van der Waals surface area contributed by atoms with Gasteiger partial charge in [-0.15, -0.1) is 0 Å². The molecule has 136 valence electrons. The average Bonchev–Trinajstić information content (AvgIpc) is 2.77. The van der Waals surface area contributed by atoms with Gasteiger partial charge < -0.3 is 4.74 Å². The summed E-state index contributed by atoms with van der Waals surface area (Å²) >= 11 is 0. The molecule has 0 amide bonds. The van der Waals surface area contributed by atoms with Gasteiger partial charge in [0, 0.05) is 5.56 Å². The highest BCUT2D eigenvalue weighted by atomic mass is 32.2. The van der Waals surface area contributed by atoms with Crippen molar-refractivity contribution >= 4 is 27.1 Å². The molecule has 2 aromatic rings. The number of Topliss-reactive ketones (excluding diaryl/α,β-unsaturated/α-hetero) is 1. The number of ketones is 1. The standard InChI is InChI=1S/C18H15F2NO4S/c1-18(2)17(22)15(10-3-6-12(19)7-4-10)16(25-18)11-5-8-14(13(20)9-11)26(21,23)24/h3-9H,1-2H3,(H2,21,23,24). The average molecular weight is 379 g/mol. The van der Waals surface area contributed by atoms with E-state index in [9.17, 15) is 22.0 Å². The third kappa shape index (κ3) is 3.13. The number of ether oxygens (including phenoxy) is 1. The van der Waals surface area contributed by atoms with Crippen LogP contribution in [-0.4, -0.2) is 19.8 Å². The summed E-state index contributed by atoms with van der Waals surface area (Å²) in [6.45, 7) is 3.11. The van der Waals surface area contributed by atoms with Crippen molar-refractivity contribution in [2.24, 2.45) is 5.14 Å². The van der Waals surface area contributed by atoms with Crippen molar-refractivity contribution < 1.29 is 26.7 Å². The first kappa shape index (κ1) is 18.2. The molecule has 1 aliphatic rings. The first-order valence-corrected chi connectivity index (χ1v) is 9.12. The Labute approximate surface area is 149 Å². The topological polar surface area (TPSA) is 86.5 Å². The highest BCUT2D eigenvalue weighted by molar-refractivity contribution is 7.89. The molecule has 1 heterocycles. The van der Waals surface area contributed by atoms with Crippen LogP contribution in [0.2, 0.25) is 0 Å². The molecule has 0 saturated heterocycles. The minimum Gasteiger partial charge on any atom is -0.478 e. The monoisotopic (exact) mass is 379 g/mol. The molecule has 0 saturated carbocycles. The second-order valence-corrected chi connectivity index (χ2v) is 7.87. The molecule has 0 radical (unpaired) electrons. The highest BCUT2D eigenvalue weighted by Gasteiger charge is 2.43. The number of carbonyl (C=O) groups is 1. The summed E-state index contributed by atoms with van der Waals surface area (Å²) in [5.41, 5.74) is -0.451. The van der Waals surface area contributed by atoms with Gasteiger partial charge >= 0.3 is 0 Å². The maximum Gasteiger partial charge on any atom is 0.240 e. The molecule has 0 atom stereocenters. The molecule has 2 N–H and O–H groups in total. The van der Waals surface area contributed by atoms with E-state index >= 15 is 0 Å². The van der Waals surface area contributed by atoms with Crippen LogP contribution in [0.15, 0.2) is 47.4 Å². The number of carbonyl (C=O) groups excluding carboxylic acids is 1. The fourth-order valence-corrected chi connectivity index (χ4v) is 3.30. The Hall–Kier alpha value is -2.58. The van der Waals surface area contributed by atoms with Crippen LogP contribution in [-0.2, 0) is 19.6 Å². The SMILES string of the molecule is CC1(C)OC(c2ccc(S(N)(=O)=O)c(F)c2)=C(c2ccc(F)cc2)C1=O. The van der Waals surface area contributed by atoms with Crippen LogP contribution in [0.5, 0.6) is 0 Å². The lowest BCUT2D eigenvalue weighted by molar-refractivity contribution is -0.125. The molecule has 1 aliphatic heterocycles. The van der Waals surface area contributed by atoms with E-state index in [1.54, 1.807) is 13.8 Å². The third-order valence-electron chi connectivity index (χ3n) is 3.99. The Bertz CT molecular complexity index is 1040. The van der Waals surface area contributed by atoms with Gasteiger partial charge in [-0.1, -0.05) is 12.1 Å². The zero-order chi connectivity index (χ0) is 19.3. The van der Waals surface area contributed by atoms with Crippen LogP contribution in [0.4, 0.5) is 8.78 Å². The molecule has 26 heavy (non-hydrogen) atoms. The van der Waals surface area contributed by atoms with Crippen molar-refractivity contribution in [3.8, 4) is 0 Å². The number of sulfonamides is 1. The minimum atomic E-state index is -4.22. The first-order valence-electron chi connectivity index (χ1n) is 7.57. The number of hydrogen-bond acceptors (Lipinski definition) is 4. The summed E-state index contributed by atoms with van der Waals surface area (Å²) in [4.78, 5) is 12.1. The maximum absolute atomic E-state index is 14.2. The third-order valence-corrected chi connectivity index (χ3v) is 4.94. The Morgan fingerprint density at radius 1 is 1.00 bits per heavy atom. The van der Waals surface area contributed by atoms with Crippen molar-refractivity contribution in [3.05, 3.63) is 65.2 Å². The molecule has 0 spiro atoms. The van der Waals surface area contributed by atoms with Crippen LogP contribution in [0.25, 0.3) is 11.3 Å². The van der Waals surface area contributed by atoms with Crippen molar-refractivity contribution in [1.29, 1.82) is 0 Å². The second-order valence-electron chi connectivity index (χ2n) is 6.34. The summed E-state index contributed by atoms with van der Waals surface area (Å²) < 4.78 is 55.8. The van der Waals surface area contributed by atoms with Crippen LogP contribution in [0, 0.1) is 11.6 Å². The van der Waals surface area contributed by atoms with Gasteiger partial charge in [0.25, 0.3) is 0 Å². The van der Waals surface area contributed by atoms with Crippen molar-refractivity contribution in [2.45, 2.75) is 24.3 Å². The van der Waals surface area contributed by atoms with Gasteiger partial charge in [-0.25, -0.2) is 22.3 Å². The zero-order valence-corrected chi connectivity index (χ0v) is 14.7. The van der Waals surface area contributed by atoms with E-state index in [0.29, 0.717) is 5.56 Å². The molecule has 0 bridgehead atoms. The van der Waals surface area contributed by atoms with E-state index in [2.05, 4.69) is 0 Å². The number of rotatable bonds is 3. The van der Waals surface area contributed by atoms with Gasteiger partial charge in [0.15, 0.2) is 5.60 Å². The van der Waals surface area contributed by atoms with Gasteiger partial charge in [-0.2, -0.15) is 0 Å². The normalized spacial score (nSPS) is 16.7. The molecule has 3 rings (SSSR count). The van der Waals surface area contributed by atoms with Gasteiger partial charge in [0.05, 0.1) is 5.57 Å². The smallest absolute Gasteiger partial charge is 0.240 e. The van der Waals surface area contributed by atoms with E-state index in [-0.39, 0.29) is 22.7 Å². The van der Waals surface area contributed by atoms with Crippen LogP contribution < -0.4 is 5.14 Å². The lowest BCUT2D eigenvalue weighted by Crippen LogP contribution is -2.29. The maximum atomic E-state index is 14.2. The molecule has 0 aromatic heterocycles. The van der Waals surface area contributed by atoms with Crippen LogP contribution >= 0.6 is 0 Å². The van der Waals surface area contributed by atoms with Crippen LogP contribution in [0.1, 0.15) is 25.0 Å².